The summed E-state index contributed by atoms with van der Waals surface area (Å²) in [6.07, 6.45) is 2.35. The molecule has 1 aliphatic heterocycles. The van der Waals surface area contributed by atoms with E-state index in [1.807, 2.05) is 12.1 Å². The van der Waals surface area contributed by atoms with Crippen molar-refractivity contribution >= 4 is 28.4 Å². The van der Waals surface area contributed by atoms with Crippen LogP contribution in [-0.2, 0) is 16.1 Å². The number of aromatic nitrogens is 2. The number of amides is 2. The average Bonchev–Trinajstić information content (AvgIpc) is 3.31. The van der Waals surface area contributed by atoms with Gasteiger partial charge in [0.05, 0.1) is 17.4 Å². The molecular formula is C20H18F2N4O3. The number of hydrogen-bond donors (Lipinski definition) is 2. The lowest BCUT2D eigenvalue weighted by molar-refractivity contribution is -0.133. The first-order valence-electron chi connectivity index (χ1n) is 9.07. The normalized spacial score (nSPS) is 16.6. The van der Waals surface area contributed by atoms with Gasteiger partial charge in [-0.15, -0.1) is 0 Å². The molecule has 4 rings (SSSR count). The van der Waals surface area contributed by atoms with Crippen LogP contribution in [0.15, 0.2) is 48.7 Å². The number of para-hydroxylation sites is 1. The lowest BCUT2D eigenvalue weighted by Gasteiger charge is -2.24. The van der Waals surface area contributed by atoms with Crippen LogP contribution < -0.4 is 10.1 Å². The molecule has 0 bridgehead atoms. The first kappa shape index (κ1) is 18.9. The zero-order valence-corrected chi connectivity index (χ0v) is 15.3. The van der Waals surface area contributed by atoms with Crippen LogP contribution >= 0.6 is 0 Å². The van der Waals surface area contributed by atoms with Crippen molar-refractivity contribution < 1.29 is 23.1 Å². The highest BCUT2D eigenvalue weighted by atomic mass is 19.3. The zero-order valence-electron chi connectivity index (χ0n) is 15.3. The molecular weight excluding hydrogens is 382 g/mol. The average molecular weight is 400 g/mol. The smallest absolute Gasteiger partial charge is 0.387 e. The van der Waals surface area contributed by atoms with Crippen molar-refractivity contribution in [1.29, 1.82) is 0 Å². The number of carbonyl (C=O) groups excluding carboxylic acids is 2. The maximum atomic E-state index is 12.9. The fraction of sp³-hybridized carbons (Fsp3) is 0.250. The van der Waals surface area contributed by atoms with Crippen LogP contribution in [0.5, 0.6) is 5.75 Å². The van der Waals surface area contributed by atoms with Gasteiger partial charge in [-0.2, -0.15) is 13.9 Å². The third kappa shape index (κ3) is 4.03. The van der Waals surface area contributed by atoms with Gasteiger partial charge in [0.25, 0.3) is 0 Å². The van der Waals surface area contributed by atoms with Crippen LogP contribution in [0.1, 0.15) is 18.4 Å². The van der Waals surface area contributed by atoms with E-state index in [9.17, 15) is 18.4 Å². The highest BCUT2D eigenvalue weighted by Crippen LogP contribution is 2.26. The van der Waals surface area contributed by atoms with Gasteiger partial charge < -0.3 is 15.0 Å². The molecule has 2 N–H and O–H groups in total. The summed E-state index contributed by atoms with van der Waals surface area (Å²) in [5.41, 5.74) is 2.03. The van der Waals surface area contributed by atoms with Crippen molar-refractivity contribution in [2.45, 2.75) is 32.0 Å². The first-order chi connectivity index (χ1) is 14.0. The second-order valence-corrected chi connectivity index (χ2v) is 6.73. The standard InChI is InChI=1S/C20H18F2N4O3/c21-20(22)29-14-6-4-12(5-7-14)11-26-16(8-9-17(26)27)19(28)24-15-3-1-2-13-10-23-25-18(13)15/h1-7,10,16,20H,8-9,11H2,(H,23,25)(H,24,28). The van der Waals surface area contributed by atoms with E-state index in [1.54, 1.807) is 24.4 Å². The molecule has 1 aromatic heterocycles. The lowest BCUT2D eigenvalue weighted by atomic mass is 10.1. The van der Waals surface area contributed by atoms with E-state index in [-0.39, 0.29) is 30.5 Å². The number of aromatic amines is 1. The van der Waals surface area contributed by atoms with Crippen molar-refractivity contribution in [3.05, 3.63) is 54.2 Å². The fourth-order valence-corrected chi connectivity index (χ4v) is 3.47. The molecule has 1 saturated heterocycles. The number of ether oxygens (including phenoxy) is 1. The number of nitrogens with zero attached hydrogens (tertiary/aromatic N) is 2. The summed E-state index contributed by atoms with van der Waals surface area (Å²) in [5, 5.41) is 10.6. The van der Waals surface area contributed by atoms with Crippen LogP contribution in [0.3, 0.4) is 0 Å². The third-order valence-electron chi connectivity index (χ3n) is 4.87. The molecule has 2 amide bonds. The Morgan fingerprint density at radius 3 is 2.83 bits per heavy atom. The Morgan fingerprint density at radius 1 is 1.28 bits per heavy atom. The predicted octanol–water partition coefficient (Wildman–Crippen LogP) is 3.29. The summed E-state index contributed by atoms with van der Waals surface area (Å²) in [5.74, 6) is -0.369. The fourth-order valence-electron chi connectivity index (χ4n) is 3.47. The molecule has 9 heteroatoms. The number of likely N-dealkylation sites (tertiary alicyclic amines) is 1. The SMILES string of the molecule is O=C(Nc1cccc2cn[nH]c12)C1CCC(=O)N1Cc1ccc(OC(F)F)cc1. The molecule has 1 atom stereocenters. The van der Waals surface area contributed by atoms with Gasteiger partial charge in [-0.25, -0.2) is 0 Å². The summed E-state index contributed by atoms with van der Waals surface area (Å²) in [4.78, 5) is 26.7. The number of alkyl halides is 2. The Bertz CT molecular complexity index is 1040. The molecule has 1 aliphatic rings. The highest BCUT2D eigenvalue weighted by molar-refractivity contribution is 6.04. The summed E-state index contributed by atoms with van der Waals surface area (Å²) in [6.45, 7) is -2.69. The molecule has 7 nitrogen and oxygen atoms in total. The number of halogens is 2. The van der Waals surface area contributed by atoms with Crippen molar-refractivity contribution in [2.24, 2.45) is 0 Å². The van der Waals surface area contributed by atoms with Crippen molar-refractivity contribution in [2.75, 3.05) is 5.32 Å². The predicted molar refractivity (Wildman–Crippen MR) is 101 cm³/mol. The Morgan fingerprint density at radius 2 is 2.07 bits per heavy atom. The van der Waals surface area contributed by atoms with E-state index in [2.05, 4.69) is 20.3 Å². The monoisotopic (exact) mass is 400 g/mol. The highest BCUT2D eigenvalue weighted by Gasteiger charge is 2.36. The molecule has 0 aliphatic carbocycles. The number of hydrogen-bond acceptors (Lipinski definition) is 4. The van der Waals surface area contributed by atoms with E-state index in [0.29, 0.717) is 17.6 Å². The van der Waals surface area contributed by atoms with E-state index in [0.717, 1.165) is 10.9 Å². The van der Waals surface area contributed by atoms with Gasteiger partial charge >= 0.3 is 6.61 Å². The molecule has 2 aromatic carbocycles. The summed E-state index contributed by atoms with van der Waals surface area (Å²) < 4.78 is 28.9. The van der Waals surface area contributed by atoms with Gasteiger partial charge in [0, 0.05) is 18.4 Å². The van der Waals surface area contributed by atoms with Crippen LogP contribution in [-0.4, -0.2) is 39.6 Å². The van der Waals surface area contributed by atoms with Crippen LogP contribution in [0.2, 0.25) is 0 Å². The van der Waals surface area contributed by atoms with Gasteiger partial charge in [0.2, 0.25) is 11.8 Å². The number of carbonyl (C=O) groups is 2. The minimum atomic E-state index is -2.89. The minimum Gasteiger partial charge on any atom is -0.435 e. The Labute approximate surface area is 164 Å². The van der Waals surface area contributed by atoms with Gasteiger partial charge in [-0.1, -0.05) is 24.3 Å². The van der Waals surface area contributed by atoms with E-state index in [1.165, 1.54) is 17.0 Å². The topological polar surface area (TPSA) is 87.3 Å². The molecule has 0 radical (unpaired) electrons. The number of fused-ring (bicyclic) bond motifs is 1. The van der Waals surface area contributed by atoms with E-state index >= 15 is 0 Å². The second kappa shape index (κ2) is 7.86. The number of H-pyrrole nitrogens is 1. The van der Waals surface area contributed by atoms with Crippen molar-refractivity contribution in [3.8, 4) is 5.75 Å². The van der Waals surface area contributed by atoms with Crippen LogP contribution in [0.25, 0.3) is 10.9 Å². The van der Waals surface area contributed by atoms with Gasteiger partial charge in [0.1, 0.15) is 11.8 Å². The quantitative estimate of drug-likeness (QED) is 0.665. The molecule has 3 aromatic rings. The molecule has 2 heterocycles. The lowest BCUT2D eigenvalue weighted by Crippen LogP contribution is -2.41. The van der Waals surface area contributed by atoms with Gasteiger partial charge in [-0.05, 0) is 30.2 Å². The maximum Gasteiger partial charge on any atom is 0.387 e. The molecule has 29 heavy (non-hydrogen) atoms. The Kier molecular flexibility index (Phi) is 5.11. The van der Waals surface area contributed by atoms with E-state index in [4.69, 9.17) is 0 Å². The van der Waals surface area contributed by atoms with Crippen LogP contribution in [0.4, 0.5) is 14.5 Å². The van der Waals surface area contributed by atoms with Crippen molar-refractivity contribution in [3.63, 3.8) is 0 Å². The third-order valence-corrected chi connectivity index (χ3v) is 4.87. The Balaban J connectivity index is 1.47. The summed E-state index contributed by atoms with van der Waals surface area (Å²) in [7, 11) is 0. The first-order valence-corrected chi connectivity index (χ1v) is 9.07. The molecule has 1 fully saturated rings. The number of anilines is 1. The number of benzene rings is 2. The maximum absolute atomic E-state index is 12.9. The van der Waals surface area contributed by atoms with Crippen LogP contribution in [0, 0.1) is 0 Å². The molecule has 0 saturated carbocycles. The van der Waals surface area contributed by atoms with Gasteiger partial charge in [-0.3, -0.25) is 14.7 Å². The second-order valence-electron chi connectivity index (χ2n) is 6.73. The zero-order chi connectivity index (χ0) is 20.4. The van der Waals surface area contributed by atoms with E-state index < -0.39 is 12.7 Å². The molecule has 1 unspecified atom stereocenters. The Hall–Kier alpha value is -3.49. The summed E-state index contributed by atoms with van der Waals surface area (Å²) >= 11 is 0. The van der Waals surface area contributed by atoms with Crippen molar-refractivity contribution in [1.82, 2.24) is 15.1 Å². The van der Waals surface area contributed by atoms with Gasteiger partial charge in [0.15, 0.2) is 0 Å². The molecule has 0 spiro atoms. The number of rotatable bonds is 6. The largest absolute Gasteiger partial charge is 0.435 e. The molecule has 150 valence electrons. The summed E-state index contributed by atoms with van der Waals surface area (Å²) in [6, 6.07) is 10.9. The minimum absolute atomic E-state index is 0.0402. The number of nitrogens with one attached hydrogen (secondary N) is 2.